The molecule has 1 heterocycles. The molecule has 5 nitrogen and oxygen atoms in total. The number of rotatable bonds is 5. The van der Waals surface area contributed by atoms with Crippen LogP contribution in [-0.2, 0) is 6.42 Å². The van der Waals surface area contributed by atoms with Gasteiger partial charge in [-0.3, -0.25) is 4.79 Å². The van der Waals surface area contributed by atoms with Crippen molar-refractivity contribution in [1.82, 2.24) is 0 Å². The van der Waals surface area contributed by atoms with Crippen molar-refractivity contribution in [2.24, 2.45) is 11.5 Å². The summed E-state index contributed by atoms with van der Waals surface area (Å²) in [6.07, 6.45) is 10.6. The molecule has 152 valence electrons. The van der Waals surface area contributed by atoms with Gasteiger partial charge in [0.05, 0.1) is 24.8 Å². The molecule has 0 saturated carbocycles. The summed E-state index contributed by atoms with van der Waals surface area (Å²) in [4.78, 5) is 12.1. The second kappa shape index (κ2) is 7.58. The zero-order chi connectivity index (χ0) is 21.5. The Morgan fingerprint density at radius 2 is 2.13 bits per heavy atom. The maximum Gasteiger partial charge on any atom is 0.249 e. The summed E-state index contributed by atoms with van der Waals surface area (Å²) in [6, 6.07) is 6.10. The summed E-state index contributed by atoms with van der Waals surface area (Å²) in [6.45, 7) is 0.187. The minimum Gasteiger partial charge on any atom is -0.494 e. The van der Waals surface area contributed by atoms with E-state index in [0.29, 0.717) is 23.3 Å². The van der Waals surface area contributed by atoms with Crippen molar-refractivity contribution in [3.05, 3.63) is 82.2 Å². The van der Waals surface area contributed by atoms with E-state index in [0.717, 1.165) is 5.57 Å². The molecule has 7 heteroatoms. The number of allylic oxidation sites excluding steroid dienone is 4. The fourth-order valence-corrected chi connectivity index (χ4v) is 4.19. The number of hydrogen-bond donors (Lipinski definition) is 2. The Bertz CT molecular complexity index is 1140. The number of hydrogen-bond acceptors (Lipinski definition) is 4. The van der Waals surface area contributed by atoms with Gasteiger partial charge in [-0.15, -0.1) is 0 Å². The average molecular weight is 426 g/mol. The predicted octanol–water partition coefficient (Wildman–Crippen LogP) is 3.74. The average Bonchev–Trinajstić information content (AvgIpc) is 3.15. The van der Waals surface area contributed by atoms with Gasteiger partial charge in [0.1, 0.15) is 23.5 Å². The number of benzene rings is 2. The van der Waals surface area contributed by atoms with Gasteiger partial charge in [0.25, 0.3) is 0 Å². The van der Waals surface area contributed by atoms with Crippen molar-refractivity contribution >= 4 is 17.5 Å². The number of ether oxygens (including phenoxy) is 2. The minimum absolute atomic E-state index is 0.00293. The SMILES string of the molecule is COc1ccc(C(N)=O)c(-c2c(Cl)ccc3c2C[C@@](CN)(C2=CC=[C+]C=C2)O3)c1F. The first-order chi connectivity index (χ1) is 14.4. The molecule has 0 aromatic heterocycles. The molecule has 2 aromatic carbocycles. The molecular weight excluding hydrogens is 407 g/mol. The fourth-order valence-electron chi connectivity index (χ4n) is 3.92. The minimum atomic E-state index is -0.848. The lowest BCUT2D eigenvalue weighted by molar-refractivity contribution is 0.100. The van der Waals surface area contributed by atoms with E-state index in [-0.39, 0.29) is 28.4 Å². The smallest absolute Gasteiger partial charge is 0.249 e. The molecule has 2 aromatic rings. The van der Waals surface area contributed by atoms with E-state index in [1.807, 2.05) is 12.2 Å². The van der Waals surface area contributed by atoms with Crippen molar-refractivity contribution in [3.63, 3.8) is 0 Å². The Hall–Kier alpha value is -3.18. The molecule has 1 aliphatic carbocycles. The summed E-state index contributed by atoms with van der Waals surface area (Å²) in [7, 11) is 1.35. The molecule has 1 aliphatic heterocycles. The lowest BCUT2D eigenvalue weighted by Crippen LogP contribution is -2.44. The number of fused-ring (bicyclic) bond motifs is 1. The third-order valence-corrected chi connectivity index (χ3v) is 5.72. The van der Waals surface area contributed by atoms with E-state index >= 15 is 4.39 Å². The zero-order valence-electron chi connectivity index (χ0n) is 16.2. The third kappa shape index (κ3) is 3.06. The highest BCUT2D eigenvalue weighted by molar-refractivity contribution is 6.34. The van der Waals surface area contributed by atoms with Gasteiger partial charge < -0.3 is 20.9 Å². The number of primary amides is 1. The monoisotopic (exact) mass is 425 g/mol. The number of amides is 1. The Labute approximate surface area is 178 Å². The van der Waals surface area contributed by atoms with Gasteiger partial charge >= 0.3 is 0 Å². The molecule has 0 saturated heterocycles. The molecule has 2 aliphatic rings. The van der Waals surface area contributed by atoms with Crippen LogP contribution in [0.4, 0.5) is 4.39 Å². The summed E-state index contributed by atoms with van der Waals surface area (Å²) >= 11 is 6.52. The van der Waals surface area contributed by atoms with Crippen molar-refractivity contribution in [3.8, 4) is 22.6 Å². The third-order valence-electron chi connectivity index (χ3n) is 5.40. The van der Waals surface area contributed by atoms with Crippen molar-refractivity contribution < 1.29 is 18.7 Å². The van der Waals surface area contributed by atoms with Crippen LogP contribution >= 0.6 is 11.6 Å². The van der Waals surface area contributed by atoms with Gasteiger partial charge in [-0.05, 0) is 24.3 Å². The molecular formula is C23H19ClFN2O3+. The highest BCUT2D eigenvalue weighted by Crippen LogP contribution is 2.48. The summed E-state index contributed by atoms with van der Waals surface area (Å²) in [5.74, 6) is -0.997. The van der Waals surface area contributed by atoms with E-state index in [1.54, 1.807) is 24.3 Å². The quantitative estimate of drug-likeness (QED) is 0.714. The van der Waals surface area contributed by atoms with Crippen LogP contribution in [-0.4, -0.2) is 25.2 Å². The Kier molecular flexibility index (Phi) is 5.08. The van der Waals surface area contributed by atoms with Crippen LogP contribution in [0.15, 0.2) is 54.1 Å². The van der Waals surface area contributed by atoms with Crippen molar-refractivity contribution in [1.29, 1.82) is 0 Å². The molecule has 0 radical (unpaired) electrons. The van der Waals surface area contributed by atoms with Gasteiger partial charge in [-0.1, -0.05) is 11.6 Å². The van der Waals surface area contributed by atoms with E-state index < -0.39 is 17.3 Å². The van der Waals surface area contributed by atoms with Crippen molar-refractivity contribution in [2.45, 2.75) is 12.0 Å². The van der Waals surface area contributed by atoms with Crippen LogP contribution in [0, 0.1) is 11.9 Å². The van der Waals surface area contributed by atoms with Gasteiger partial charge in [0.2, 0.25) is 5.91 Å². The zero-order valence-corrected chi connectivity index (χ0v) is 16.9. The van der Waals surface area contributed by atoms with Crippen LogP contribution < -0.4 is 20.9 Å². The molecule has 0 unspecified atom stereocenters. The van der Waals surface area contributed by atoms with Crippen LogP contribution in [0.25, 0.3) is 11.1 Å². The molecule has 1 atom stereocenters. The van der Waals surface area contributed by atoms with Gasteiger partial charge in [0.15, 0.2) is 17.2 Å². The normalized spacial score (nSPS) is 19.0. The van der Waals surface area contributed by atoms with Crippen LogP contribution in [0.5, 0.6) is 11.5 Å². The van der Waals surface area contributed by atoms with Crippen molar-refractivity contribution in [2.75, 3.05) is 13.7 Å². The number of carbonyl (C=O) groups excluding carboxylic acids is 1. The molecule has 1 amide bonds. The highest BCUT2D eigenvalue weighted by atomic mass is 35.5. The second-order valence-electron chi connectivity index (χ2n) is 7.03. The summed E-state index contributed by atoms with van der Waals surface area (Å²) in [5, 5.41) is 0.265. The number of carbonyl (C=O) groups is 1. The molecule has 0 fully saturated rings. The Morgan fingerprint density at radius 3 is 2.77 bits per heavy atom. The van der Waals surface area contributed by atoms with Gasteiger partial charge in [-0.25, -0.2) is 4.39 Å². The first-order valence-corrected chi connectivity index (χ1v) is 9.63. The molecule has 0 spiro atoms. The fraction of sp³-hybridized carbons (Fsp3) is 0.174. The van der Waals surface area contributed by atoms with Gasteiger partial charge in [0, 0.05) is 40.8 Å². The lowest BCUT2D eigenvalue weighted by atomic mass is 9.84. The predicted molar refractivity (Wildman–Crippen MR) is 113 cm³/mol. The molecule has 30 heavy (non-hydrogen) atoms. The Balaban J connectivity index is 1.95. The van der Waals surface area contributed by atoms with Crippen LogP contribution in [0.3, 0.4) is 0 Å². The van der Waals surface area contributed by atoms with E-state index in [1.165, 1.54) is 19.2 Å². The van der Waals surface area contributed by atoms with Crippen LogP contribution in [0.1, 0.15) is 15.9 Å². The Morgan fingerprint density at radius 1 is 1.33 bits per heavy atom. The molecule has 4 rings (SSSR count). The topological polar surface area (TPSA) is 87.6 Å². The highest BCUT2D eigenvalue weighted by Gasteiger charge is 2.45. The summed E-state index contributed by atoms with van der Waals surface area (Å²) in [5.41, 5.74) is 12.7. The first-order valence-electron chi connectivity index (χ1n) is 9.25. The molecule has 0 bridgehead atoms. The lowest BCUT2D eigenvalue weighted by Gasteiger charge is -2.25. The van der Waals surface area contributed by atoms with Gasteiger partial charge in [-0.2, -0.15) is 0 Å². The van der Waals surface area contributed by atoms with E-state index in [4.69, 9.17) is 32.5 Å². The largest absolute Gasteiger partial charge is 0.494 e. The van der Waals surface area contributed by atoms with E-state index in [2.05, 4.69) is 6.08 Å². The molecule has 4 N–H and O–H groups in total. The number of methoxy groups -OCH3 is 1. The second-order valence-corrected chi connectivity index (χ2v) is 7.44. The number of halogens is 2. The maximum absolute atomic E-state index is 15.4. The standard InChI is InChI=1S/C23H18ClFN2O3/c1-29-18-9-7-14(22(27)28)20(21(18)25)19-15-11-23(12-26,13-5-3-2-4-6-13)30-17(15)10-8-16(19)24/h3-10H,11-12,26H2,1H3,(H-,27,28)/p+1/t23-/m1/s1. The van der Waals surface area contributed by atoms with Crippen LogP contribution in [0.2, 0.25) is 5.02 Å². The number of nitrogens with two attached hydrogens (primary N) is 2. The summed E-state index contributed by atoms with van der Waals surface area (Å²) < 4.78 is 26.7. The maximum atomic E-state index is 15.4. The van der Waals surface area contributed by atoms with E-state index in [9.17, 15) is 4.79 Å². The first kappa shape index (κ1) is 20.1.